The fourth-order valence-corrected chi connectivity index (χ4v) is 3.61. The van der Waals surface area contributed by atoms with Gasteiger partial charge >= 0.3 is 0 Å². The van der Waals surface area contributed by atoms with E-state index in [1.54, 1.807) is 46.9 Å². The molecule has 0 aliphatic rings. The average Bonchev–Trinajstić information content (AvgIpc) is 3.37. The van der Waals surface area contributed by atoms with Crippen LogP contribution in [-0.2, 0) is 14.1 Å². The average molecular weight is 484 g/mol. The molecule has 4 aromatic heterocycles. The fourth-order valence-electron chi connectivity index (χ4n) is 3.48. The molecule has 1 aromatic carbocycles. The third-order valence-corrected chi connectivity index (χ3v) is 5.62. The maximum atomic E-state index is 12.5. The summed E-state index contributed by atoms with van der Waals surface area (Å²) in [7, 11) is 3.53. The number of aryl methyl sites for hydroxylation is 2. The molecular formula is C26H22ClN7O. The molecule has 0 amide bonds. The maximum absolute atomic E-state index is 12.5. The van der Waals surface area contributed by atoms with E-state index in [2.05, 4.69) is 21.2 Å². The molecule has 9 heteroatoms. The van der Waals surface area contributed by atoms with Gasteiger partial charge in [0.1, 0.15) is 5.69 Å². The van der Waals surface area contributed by atoms with Crippen LogP contribution in [0.3, 0.4) is 0 Å². The number of hydrogen-bond acceptors (Lipinski definition) is 6. The molecule has 8 nitrogen and oxygen atoms in total. The second-order valence-electron chi connectivity index (χ2n) is 7.72. The SMILES string of the molecule is C#Cc1cccc(-c2cc(=O)n(C)c3ccc(C(N)c4ccc(Cl)cc4)nc23)n1.Cn1ccnn1. The van der Waals surface area contributed by atoms with Crippen LogP contribution in [-0.4, -0.2) is 29.5 Å². The van der Waals surface area contributed by atoms with Crippen LogP contribution in [0.5, 0.6) is 0 Å². The molecule has 0 aliphatic heterocycles. The van der Waals surface area contributed by atoms with Gasteiger partial charge < -0.3 is 10.3 Å². The Morgan fingerprint density at radius 3 is 2.46 bits per heavy atom. The topological polar surface area (TPSA) is 105 Å². The number of nitrogens with two attached hydrogens (primary N) is 1. The zero-order chi connectivity index (χ0) is 24.9. The first-order valence-electron chi connectivity index (χ1n) is 10.6. The molecule has 0 aliphatic carbocycles. The van der Waals surface area contributed by atoms with Crippen molar-refractivity contribution in [3.05, 3.63) is 105 Å². The molecule has 0 radical (unpaired) electrons. The van der Waals surface area contributed by atoms with E-state index in [9.17, 15) is 4.79 Å². The van der Waals surface area contributed by atoms with Gasteiger partial charge in [-0.2, -0.15) is 0 Å². The van der Waals surface area contributed by atoms with Gasteiger partial charge in [0.15, 0.2) is 0 Å². The summed E-state index contributed by atoms with van der Waals surface area (Å²) < 4.78 is 3.19. The van der Waals surface area contributed by atoms with Gasteiger partial charge in [0, 0.05) is 36.9 Å². The highest BCUT2D eigenvalue weighted by Crippen LogP contribution is 2.27. The number of benzene rings is 1. The molecule has 174 valence electrons. The number of pyridine rings is 3. The second kappa shape index (κ2) is 10.3. The monoisotopic (exact) mass is 483 g/mol. The van der Waals surface area contributed by atoms with Crippen LogP contribution in [0.15, 0.2) is 77.9 Å². The van der Waals surface area contributed by atoms with Crippen molar-refractivity contribution in [1.82, 2.24) is 29.5 Å². The van der Waals surface area contributed by atoms with Gasteiger partial charge in [0.2, 0.25) is 0 Å². The molecule has 0 fully saturated rings. The fraction of sp³-hybridized carbons (Fsp3) is 0.115. The summed E-state index contributed by atoms with van der Waals surface area (Å²) in [6.45, 7) is 0. The molecule has 0 saturated heterocycles. The van der Waals surface area contributed by atoms with E-state index in [1.165, 1.54) is 6.07 Å². The minimum atomic E-state index is -0.438. The van der Waals surface area contributed by atoms with Crippen LogP contribution in [0.1, 0.15) is 23.0 Å². The van der Waals surface area contributed by atoms with Crippen molar-refractivity contribution in [3.63, 3.8) is 0 Å². The van der Waals surface area contributed by atoms with Gasteiger partial charge in [-0.15, -0.1) is 11.5 Å². The molecule has 4 heterocycles. The van der Waals surface area contributed by atoms with Gasteiger partial charge in [-0.1, -0.05) is 40.9 Å². The predicted octanol–water partition coefficient (Wildman–Crippen LogP) is 3.49. The van der Waals surface area contributed by atoms with E-state index in [1.807, 2.05) is 43.4 Å². The van der Waals surface area contributed by atoms with Crippen molar-refractivity contribution in [2.45, 2.75) is 6.04 Å². The Morgan fingerprint density at radius 2 is 1.83 bits per heavy atom. The number of terminal acetylenes is 1. The van der Waals surface area contributed by atoms with E-state index in [0.29, 0.717) is 38.7 Å². The molecule has 5 aromatic rings. The molecule has 1 atom stereocenters. The predicted molar refractivity (Wildman–Crippen MR) is 137 cm³/mol. The number of hydrogen-bond donors (Lipinski definition) is 1. The van der Waals surface area contributed by atoms with E-state index in [4.69, 9.17) is 28.7 Å². The van der Waals surface area contributed by atoms with Crippen LogP contribution in [0, 0.1) is 12.3 Å². The van der Waals surface area contributed by atoms with Crippen LogP contribution in [0.25, 0.3) is 22.3 Å². The van der Waals surface area contributed by atoms with Crippen molar-refractivity contribution < 1.29 is 0 Å². The molecule has 0 bridgehead atoms. The zero-order valence-electron chi connectivity index (χ0n) is 19.1. The standard InChI is InChI=1S/C23H17ClN4O.C3H5N3/c1-3-16-5-4-6-18(26-16)17-13-21(29)28(2)20-12-11-19(27-23(17)20)22(25)14-7-9-15(24)10-8-14;1-6-3-2-4-5-6/h1,4-13,22H,25H2,2H3;2-3H,1H3. The lowest BCUT2D eigenvalue weighted by atomic mass is 10.0. The van der Waals surface area contributed by atoms with Crippen molar-refractivity contribution in [2.75, 3.05) is 0 Å². The Bertz CT molecular complexity index is 1570. The summed E-state index contributed by atoms with van der Waals surface area (Å²) in [5, 5.41) is 7.76. The van der Waals surface area contributed by atoms with Crippen LogP contribution in [0.4, 0.5) is 0 Å². The van der Waals surface area contributed by atoms with Crippen molar-refractivity contribution >= 4 is 22.6 Å². The largest absolute Gasteiger partial charge is 0.319 e. The quantitative estimate of drug-likeness (QED) is 0.394. The molecule has 0 spiro atoms. The Labute approximate surface area is 207 Å². The normalized spacial score (nSPS) is 11.4. The maximum Gasteiger partial charge on any atom is 0.251 e. The van der Waals surface area contributed by atoms with Crippen LogP contribution >= 0.6 is 11.6 Å². The number of fused-ring (bicyclic) bond motifs is 1. The lowest BCUT2D eigenvalue weighted by molar-refractivity contribution is 0.715. The lowest BCUT2D eigenvalue weighted by Crippen LogP contribution is -2.18. The molecule has 35 heavy (non-hydrogen) atoms. The van der Waals surface area contributed by atoms with Gasteiger partial charge in [-0.3, -0.25) is 9.48 Å². The minimum Gasteiger partial charge on any atom is -0.319 e. The Morgan fingerprint density at radius 1 is 1.06 bits per heavy atom. The molecule has 2 N–H and O–H groups in total. The zero-order valence-corrected chi connectivity index (χ0v) is 19.9. The van der Waals surface area contributed by atoms with Crippen LogP contribution < -0.4 is 11.3 Å². The van der Waals surface area contributed by atoms with E-state index < -0.39 is 6.04 Å². The summed E-state index contributed by atoms with van der Waals surface area (Å²) >= 11 is 5.98. The van der Waals surface area contributed by atoms with Crippen molar-refractivity contribution in [3.8, 4) is 23.6 Å². The van der Waals surface area contributed by atoms with Crippen LogP contribution in [0.2, 0.25) is 5.02 Å². The van der Waals surface area contributed by atoms with E-state index >= 15 is 0 Å². The Kier molecular flexibility index (Phi) is 7.01. The van der Waals surface area contributed by atoms with E-state index in [-0.39, 0.29) is 5.56 Å². The molecule has 0 saturated carbocycles. The minimum absolute atomic E-state index is 0.156. The van der Waals surface area contributed by atoms with Gasteiger partial charge in [-0.05, 0) is 42.0 Å². The summed E-state index contributed by atoms with van der Waals surface area (Å²) in [6, 6.07) is 17.5. The second-order valence-corrected chi connectivity index (χ2v) is 8.15. The molecule has 5 rings (SSSR count). The number of rotatable bonds is 3. The summed E-state index contributed by atoms with van der Waals surface area (Å²) in [6.07, 6.45) is 8.90. The highest BCUT2D eigenvalue weighted by Gasteiger charge is 2.16. The van der Waals surface area contributed by atoms with Gasteiger partial charge in [-0.25, -0.2) is 9.97 Å². The third-order valence-electron chi connectivity index (χ3n) is 5.37. The molecule has 1 unspecified atom stereocenters. The third kappa shape index (κ3) is 5.27. The first-order valence-corrected chi connectivity index (χ1v) is 11.0. The van der Waals surface area contributed by atoms with Gasteiger partial charge in [0.25, 0.3) is 5.56 Å². The highest BCUT2D eigenvalue weighted by atomic mass is 35.5. The first kappa shape index (κ1) is 23.8. The first-order chi connectivity index (χ1) is 16.9. The smallest absolute Gasteiger partial charge is 0.251 e. The highest BCUT2D eigenvalue weighted by molar-refractivity contribution is 6.30. The lowest BCUT2D eigenvalue weighted by Gasteiger charge is -2.15. The number of aromatic nitrogens is 6. The van der Waals surface area contributed by atoms with Gasteiger partial charge in [0.05, 0.1) is 34.7 Å². The number of halogens is 1. The number of nitrogens with zero attached hydrogens (tertiary/aromatic N) is 6. The summed E-state index contributed by atoms with van der Waals surface area (Å²) in [5.74, 6) is 2.52. The Hall–Kier alpha value is -4.32. The van der Waals surface area contributed by atoms with Crippen molar-refractivity contribution in [2.24, 2.45) is 19.8 Å². The molecular weight excluding hydrogens is 462 g/mol. The Balaban J connectivity index is 0.000000421. The summed E-state index contributed by atoms with van der Waals surface area (Å²) in [4.78, 5) is 21.7. The van der Waals surface area contributed by atoms with Crippen molar-refractivity contribution in [1.29, 1.82) is 0 Å². The van der Waals surface area contributed by atoms with E-state index in [0.717, 1.165) is 5.56 Å². The summed E-state index contributed by atoms with van der Waals surface area (Å²) in [5.41, 5.74) is 10.9.